The first-order valence-electron chi connectivity index (χ1n) is 11.2. The SMILES string of the molecule is CCOc1ccc(NC(=O)CN2C(=O)S/C(=C/c3ccc(N4CCOCC4)c([N+](=O)[O-])c3)C2=O)cc1. The van der Waals surface area contributed by atoms with Crippen LogP contribution in [0, 0.1) is 10.1 Å². The quantitative estimate of drug-likeness (QED) is 0.321. The maximum Gasteiger partial charge on any atom is 0.294 e. The highest BCUT2D eigenvalue weighted by atomic mass is 32.2. The molecule has 3 amide bonds. The molecule has 2 saturated heterocycles. The number of carbonyl (C=O) groups is 3. The second-order valence-electron chi connectivity index (χ2n) is 7.88. The van der Waals surface area contributed by atoms with E-state index in [0.717, 1.165) is 4.90 Å². The van der Waals surface area contributed by atoms with Crippen molar-refractivity contribution in [3.63, 3.8) is 0 Å². The first kappa shape index (κ1) is 25.2. The number of imide groups is 1. The second-order valence-corrected chi connectivity index (χ2v) is 8.87. The summed E-state index contributed by atoms with van der Waals surface area (Å²) in [4.78, 5) is 51.7. The van der Waals surface area contributed by atoms with Gasteiger partial charge < -0.3 is 19.7 Å². The summed E-state index contributed by atoms with van der Waals surface area (Å²) in [5.74, 6) is -0.509. The molecule has 11 nitrogen and oxygen atoms in total. The van der Waals surface area contributed by atoms with E-state index in [1.165, 1.54) is 12.1 Å². The number of nitro benzene ring substituents is 1. The minimum absolute atomic E-state index is 0.0855. The molecule has 0 saturated carbocycles. The van der Waals surface area contributed by atoms with Crippen LogP contribution in [0.15, 0.2) is 47.4 Å². The Hall–Kier alpha value is -3.90. The van der Waals surface area contributed by atoms with Crippen molar-refractivity contribution in [2.24, 2.45) is 0 Å². The van der Waals surface area contributed by atoms with Crippen molar-refractivity contribution in [3.8, 4) is 5.75 Å². The number of anilines is 2. The average molecular weight is 513 g/mol. The van der Waals surface area contributed by atoms with Crippen molar-refractivity contribution >= 4 is 52.0 Å². The minimum Gasteiger partial charge on any atom is -0.494 e. The van der Waals surface area contributed by atoms with Crippen LogP contribution in [-0.4, -0.2) is 66.3 Å². The van der Waals surface area contributed by atoms with E-state index in [9.17, 15) is 24.5 Å². The van der Waals surface area contributed by atoms with Gasteiger partial charge in [-0.15, -0.1) is 0 Å². The fourth-order valence-electron chi connectivity index (χ4n) is 3.78. The standard InChI is InChI=1S/C24H24N4O7S/c1-2-35-18-6-4-17(5-7-18)25-22(29)15-27-23(30)21(36-24(27)31)14-16-3-8-19(20(13-16)28(32)33)26-9-11-34-12-10-26/h3-8,13-14H,2,9-12,15H2,1H3,(H,25,29)/b21-14+. The highest BCUT2D eigenvalue weighted by Crippen LogP contribution is 2.35. The normalized spacial score (nSPS) is 17.0. The topological polar surface area (TPSA) is 131 Å². The van der Waals surface area contributed by atoms with Crippen molar-refractivity contribution in [1.82, 2.24) is 4.90 Å². The zero-order valence-electron chi connectivity index (χ0n) is 19.5. The molecule has 2 heterocycles. The molecule has 36 heavy (non-hydrogen) atoms. The molecular formula is C24H24N4O7S. The van der Waals surface area contributed by atoms with Crippen LogP contribution in [0.1, 0.15) is 12.5 Å². The van der Waals surface area contributed by atoms with E-state index in [0.29, 0.717) is 67.4 Å². The van der Waals surface area contributed by atoms with Crippen LogP contribution in [0.5, 0.6) is 5.75 Å². The number of nitro groups is 1. The van der Waals surface area contributed by atoms with Crippen LogP contribution in [0.2, 0.25) is 0 Å². The zero-order chi connectivity index (χ0) is 25.7. The van der Waals surface area contributed by atoms with Crippen molar-refractivity contribution in [2.45, 2.75) is 6.92 Å². The van der Waals surface area contributed by atoms with Gasteiger partial charge in [-0.05, 0) is 60.7 Å². The largest absolute Gasteiger partial charge is 0.494 e. The Morgan fingerprint density at radius 2 is 1.92 bits per heavy atom. The van der Waals surface area contributed by atoms with Gasteiger partial charge in [-0.2, -0.15) is 0 Å². The summed E-state index contributed by atoms with van der Waals surface area (Å²) < 4.78 is 10.7. The lowest BCUT2D eigenvalue weighted by Crippen LogP contribution is -2.36. The average Bonchev–Trinajstić information content (AvgIpc) is 3.13. The van der Waals surface area contributed by atoms with Crippen molar-refractivity contribution in [2.75, 3.05) is 49.7 Å². The van der Waals surface area contributed by atoms with Gasteiger partial charge in [0.25, 0.3) is 16.8 Å². The van der Waals surface area contributed by atoms with Crippen molar-refractivity contribution in [3.05, 3.63) is 63.0 Å². The van der Waals surface area contributed by atoms with Crippen LogP contribution < -0.4 is 15.0 Å². The number of thioether (sulfide) groups is 1. The Kier molecular flexibility index (Phi) is 7.86. The molecule has 188 valence electrons. The molecule has 2 aliphatic rings. The lowest BCUT2D eigenvalue weighted by molar-refractivity contribution is -0.384. The first-order chi connectivity index (χ1) is 17.4. The van der Waals surface area contributed by atoms with Gasteiger partial charge in [0.2, 0.25) is 5.91 Å². The van der Waals surface area contributed by atoms with Crippen LogP contribution in [0.4, 0.5) is 21.9 Å². The Labute approximate surface area is 211 Å². The van der Waals surface area contributed by atoms with Gasteiger partial charge in [-0.25, -0.2) is 0 Å². The molecular weight excluding hydrogens is 488 g/mol. The predicted molar refractivity (Wildman–Crippen MR) is 135 cm³/mol. The van der Waals surface area contributed by atoms with E-state index < -0.39 is 28.5 Å². The monoisotopic (exact) mass is 512 g/mol. The zero-order valence-corrected chi connectivity index (χ0v) is 20.3. The van der Waals surface area contributed by atoms with E-state index >= 15 is 0 Å². The van der Waals surface area contributed by atoms with Gasteiger partial charge in [-0.1, -0.05) is 6.07 Å². The summed E-state index contributed by atoms with van der Waals surface area (Å²) in [6.07, 6.45) is 1.42. The van der Waals surface area contributed by atoms with Crippen LogP contribution in [0.3, 0.4) is 0 Å². The van der Waals surface area contributed by atoms with Gasteiger partial charge in [0.05, 0.1) is 29.6 Å². The molecule has 0 aliphatic carbocycles. The summed E-state index contributed by atoms with van der Waals surface area (Å²) in [7, 11) is 0. The molecule has 0 bridgehead atoms. The number of hydrogen-bond donors (Lipinski definition) is 1. The number of nitrogens with zero attached hydrogens (tertiary/aromatic N) is 3. The molecule has 0 atom stereocenters. The third-order valence-electron chi connectivity index (χ3n) is 5.47. The summed E-state index contributed by atoms with van der Waals surface area (Å²) in [5, 5.41) is 13.7. The number of carbonyl (C=O) groups excluding carboxylic acids is 3. The molecule has 0 aromatic heterocycles. The Morgan fingerprint density at radius 1 is 1.19 bits per heavy atom. The Morgan fingerprint density at radius 3 is 2.58 bits per heavy atom. The van der Waals surface area contributed by atoms with Crippen LogP contribution >= 0.6 is 11.8 Å². The molecule has 2 fully saturated rings. The van der Waals surface area contributed by atoms with E-state index in [1.54, 1.807) is 36.4 Å². The smallest absolute Gasteiger partial charge is 0.294 e. The summed E-state index contributed by atoms with van der Waals surface area (Å²) >= 11 is 0.684. The number of amides is 3. The molecule has 1 N–H and O–H groups in total. The van der Waals surface area contributed by atoms with E-state index in [1.807, 2.05) is 11.8 Å². The van der Waals surface area contributed by atoms with E-state index in [-0.39, 0.29) is 10.6 Å². The van der Waals surface area contributed by atoms with Crippen molar-refractivity contribution in [1.29, 1.82) is 0 Å². The van der Waals surface area contributed by atoms with Gasteiger partial charge >= 0.3 is 0 Å². The molecule has 0 unspecified atom stereocenters. The first-order valence-corrected chi connectivity index (χ1v) is 12.1. The van der Waals surface area contributed by atoms with E-state index in [2.05, 4.69) is 5.32 Å². The number of morpholine rings is 1. The van der Waals surface area contributed by atoms with Gasteiger partial charge in [0, 0.05) is 24.8 Å². The number of ether oxygens (including phenoxy) is 2. The van der Waals surface area contributed by atoms with Gasteiger partial charge in [0.15, 0.2) is 0 Å². The maximum absolute atomic E-state index is 12.8. The lowest BCUT2D eigenvalue weighted by atomic mass is 10.1. The van der Waals surface area contributed by atoms with Crippen LogP contribution in [0.25, 0.3) is 6.08 Å². The molecule has 2 aliphatic heterocycles. The highest BCUT2D eigenvalue weighted by molar-refractivity contribution is 8.18. The van der Waals surface area contributed by atoms with Gasteiger partial charge in [0.1, 0.15) is 18.0 Å². The third kappa shape index (κ3) is 5.83. The number of rotatable bonds is 8. The summed E-state index contributed by atoms with van der Waals surface area (Å²) in [5.41, 5.74) is 1.28. The highest BCUT2D eigenvalue weighted by Gasteiger charge is 2.36. The van der Waals surface area contributed by atoms with Crippen LogP contribution in [-0.2, 0) is 14.3 Å². The number of benzene rings is 2. The maximum atomic E-state index is 12.8. The fraction of sp³-hybridized carbons (Fsp3) is 0.292. The Bertz CT molecular complexity index is 1210. The van der Waals surface area contributed by atoms with E-state index in [4.69, 9.17) is 9.47 Å². The lowest BCUT2D eigenvalue weighted by Gasteiger charge is -2.28. The Balaban J connectivity index is 1.45. The molecule has 2 aromatic carbocycles. The molecule has 0 spiro atoms. The second kappa shape index (κ2) is 11.2. The fourth-order valence-corrected chi connectivity index (χ4v) is 4.62. The number of hydrogen-bond acceptors (Lipinski definition) is 9. The third-order valence-corrected chi connectivity index (χ3v) is 6.38. The molecule has 2 aromatic rings. The molecule has 4 rings (SSSR count). The molecule has 0 radical (unpaired) electrons. The minimum atomic E-state index is -0.633. The van der Waals surface area contributed by atoms with Gasteiger partial charge in [-0.3, -0.25) is 29.4 Å². The summed E-state index contributed by atoms with van der Waals surface area (Å²) in [6.45, 7) is 3.98. The number of nitrogens with one attached hydrogen (secondary N) is 1. The van der Waals surface area contributed by atoms with Crippen molar-refractivity contribution < 1.29 is 28.8 Å². The molecule has 12 heteroatoms. The summed E-state index contributed by atoms with van der Waals surface area (Å²) in [6, 6.07) is 11.4. The predicted octanol–water partition coefficient (Wildman–Crippen LogP) is 3.51.